The van der Waals surface area contributed by atoms with Crippen LogP contribution in [0.5, 0.6) is 11.5 Å². The second kappa shape index (κ2) is 11.9. The Morgan fingerprint density at radius 2 is 1.85 bits per heavy atom. The van der Waals surface area contributed by atoms with E-state index in [0.717, 1.165) is 49.3 Å². The topological polar surface area (TPSA) is 63.9 Å². The van der Waals surface area contributed by atoms with Gasteiger partial charge in [-0.2, -0.15) is 0 Å². The molecule has 0 fully saturated rings. The smallest absolute Gasteiger partial charge is 0.193 e. The van der Waals surface area contributed by atoms with Crippen LogP contribution in [-0.4, -0.2) is 54.8 Å². The van der Waals surface area contributed by atoms with Gasteiger partial charge in [-0.05, 0) is 49.1 Å². The molecule has 0 radical (unpaired) electrons. The normalized spacial score (nSPS) is 11.4. The van der Waals surface area contributed by atoms with Crippen molar-refractivity contribution in [1.82, 2.24) is 19.8 Å². The van der Waals surface area contributed by atoms with Crippen LogP contribution in [0.25, 0.3) is 0 Å². The van der Waals surface area contributed by atoms with Crippen LogP contribution in [0.2, 0.25) is 0 Å². The lowest BCUT2D eigenvalue weighted by atomic mass is 10.1. The third-order valence-electron chi connectivity index (χ3n) is 5.56. The molecule has 2 aromatic carbocycles. The maximum atomic E-state index is 5.43. The minimum Gasteiger partial charge on any atom is -0.493 e. The number of nitrogens with zero attached hydrogens (tertiary/aromatic N) is 4. The summed E-state index contributed by atoms with van der Waals surface area (Å²) >= 11 is 0. The van der Waals surface area contributed by atoms with Gasteiger partial charge in [-0.1, -0.05) is 30.3 Å². The predicted octanol–water partition coefficient (Wildman–Crippen LogP) is 3.90. The Morgan fingerprint density at radius 3 is 2.55 bits per heavy atom. The summed E-state index contributed by atoms with van der Waals surface area (Å²) in [4.78, 5) is 11.4. The van der Waals surface area contributed by atoms with Crippen LogP contribution in [0.15, 0.2) is 59.9 Å². The Bertz CT molecular complexity index is 1060. The third kappa shape index (κ3) is 6.75. The van der Waals surface area contributed by atoms with E-state index in [1.807, 2.05) is 31.5 Å². The average Bonchev–Trinajstić information content (AvgIpc) is 3.24. The molecule has 0 unspecified atom stereocenters. The number of methoxy groups -OCH3 is 2. The van der Waals surface area contributed by atoms with Gasteiger partial charge in [0, 0.05) is 39.1 Å². The molecule has 176 valence electrons. The first-order valence-electron chi connectivity index (χ1n) is 11.3. The van der Waals surface area contributed by atoms with Crippen molar-refractivity contribution < 1.29 is 9.47 Å². The number of likely N-dealkylation sites (N-methyl/N-ethyl adjacent to an activating group) is 1. The second-order valence-electron chi connectivity index (χ2n) is 7.95. The molecule has 33 heavy (non-hydrogen) atoms. The molecule has 3 aromatic rings. The summed E-state index contributed by atoms with van der Waals surface area (Å²) < 4.78 is 12.9. The van der Waals surface area contributed by atoms with Crippen molar-refractivity contribution >= 4 is 5.96 Å². The van der Waals surface area contributed by atoms with Crippen molar-refractivity contribution in [3.05, 3.63) is 77.4 Å². The largest absolute Gasteiger partial charge is 0.493 e. The monoisotopic (exact) mass is 449 g/mol. The van der Waals surface area contributed by atoms with E-state index in [-0.39, 0.29) is 0 Å². The van der Waals surface area contributed by atoms with Gasteiger partial charge in [0.25, 0.3) is 0 Å². The van der Waals surface area contributed by atoms with Crippen LogP contribution in [0.4, 0.5) is 0 Å². The fourth-order valence-corrected chi connectivity index (χ4v) is 3.67. The average molecular weight is 450 g/mol. The maximum Gasteiger partial charge on any atom is 0.193 e. The molecule has 1 heterocycles. The Labute approximate surface area is 197 Å². The summed E-state index contributed by atoms with van der Waals surface area (Å²) in [5.41, 5.74) is 3.63. The highest BCUT2D eigenvalue weighted by atomic mass is 16.5. The van der Waals surface area contributed by atoms with Crippen LogP contribution >= 0.6 is 0 Å². The Morgan fingerprint density at radius 1 is 1.06 bits per heavy atom. The molecule has 1 aromatic heterocycles. The zero-order valence-electron chi connectivity index (χ0n) is 20.3. The first-order chi connectivity index (χ1) is 16.0. The summed E-state index contributed by atoms with van der Waals surface area (Å²) in [6, 6.07) is 14.6. The number of rotatable bonds is 10. The number of guanidine groups is 1. The van der Waals surface area contributed by atoms with E-state index in [1.165, 1.54) is 16.7 Å². The molecule has 0 saturated heterocycles. The van der Waals surface area contributed by atoms with Crippen molar-refractivity contribution in [2.24, 2.45) is 4.99 Å². The van der Waals surface area contributed by atoms with Gasteiger partial charge >= 0.3 is 0 Å². The fourth-order valence-electron chi connectivity index (χ4n) is 3.67. The first kappa shape index (κ1) is 24.2. The number of aromatic nitrogens is 2. The van der Waals surface area contributed by atoms with Crippen molar-refractivity contribution in [3.63, 3.8) is 0 Å². The number of aliphatic imine (C=N–C) groups is 1. The van der Waals surface area contributed by atoms with Gasteiger partial charge in [-0.25, -0.2) is 9.98 Å². The molecule has 7 nitrogen and oxygen atoms in total. The van der Waals surface area contributed by atoms with Gasteiger partial charge in [-0.15, -0.1) is 0 Å². The van der Waals surface area contributed by atoms with E-state index in [1.54, 1.807) is 14.2 Å². The number of nitrogens with one attached hydrogen (secondary N) is 1. The highest BCUT2D eigenvalue weighted by molar-refractivity contribution is 5.79. The van der Waals surface area contributed by atoms with Crippen LogP contribution in [0.1, 0.15) is 29.4 Å². The van der Waals surface area contributed by atoms with Gasteiger partial charge in [0.15, 0.2) is 17.5 Å². The predicted molar refractivity (Wildman–Crippen MR) is 133 cm³/mol. The quantitative estimate of drug-likeness (QED) is 0.376. The van der Waals surface area contributed by atoms with E-state index >= 15 is 0 Å². The molecule has 0 aliphatic heterocycles. The standard InChI is InChI=1S/C26H35N5O2/c1-6-27-26(30(3)14-12-21-10-11-24(32-4)25(17-21)33-5)29-18-22-8-7-9-23(16-22)19-31-15-13-28-20(31)2/h7-11,13,15-17H,6,12,14,18-19H2,1-5H3,(H,27,29). The minimum atomic E-state index is 0.625. The number of hydrogen-bond acceptors (Lipinski definition) is 4. The van der Waals surface area contributed by atoms with Crippen molar-refractivity contribution in [2.75, 3.05) is 34.4 Å². The van der Waals surface area contributed by atoms with Gasteiger partial charge in [-0.3, -0.25) is 0 Å². The second-order valence-corrected chi connectivity index (χ2v) is 7.95. The van der Waals surface area contributed by atoms with E-state index in [0.29, 0.717) is 6.54 Å². The molecule has 0 aliphatic rings. The lowest BCUT2D eigenvalue weighted by molar-refractivity contribution is 0.354. The van der Waals surface area contributed by atoms with Crippen LogP contribution in [-0.2, 0) is 19.5 Å². The van der Waals surface area contributed by atoms with Crippen LogP contribution in [0.3, 0.4) is 0 Å². The third-order valence-corrected chi connectivity index (χ3v) is 5.56. The van der Waals surface area contributed by atoms with Crippen LogP contribution < -0.4 is 14.8 Å². The number of aryl methyl sites for hydroxylation is 1. The number of ether oxygens (including phenoxy) is 2. The molecular weight excluding hydrogens is 414 g/mol. The Hall–Kier alpha value is -3.48. The summed E-state index contributed by atoms with van der Waals surface area (Å²) in [6.45, 7) is 7.20. The number of benzene rings is 2. The summed E-state index contributed by atoms with van der Waals surface area (Å²) in [5.74, 6) is 3.41. The summed E-state index contributed by atoms with van der Waals surface area (Å²) in [5, 5.41) is 3.41. The fraction of sp³-hybridized carbons (Fsp3) is 0.385. The molecule has 0 spiro atoms. The van der Waals surface area contributed by atoms with E-state index in [2.05, 4.69) is 64.1 Å². The highest BCUT2D eigenvalue weighted by Gasteiger charge is 2.09. The molecule has 0 saturated carbocycles. The van der Waals surface area contributed by atoms with Crippen molar-refractivity contribution in [1.29, 1.82) is 0 Å². The molecular formula is C26H35N5O2. The zero-order valence-corrected chi connectivity index (χ0v) is 20.3. The summed E-state index contributed by atoms with van der Waals surface area (Å²) in [6.07, 6.45) is 4.72. The van der Waals surface area contributed by atoms with E-state index in [4.69, 9.17) is 14.5 Å². The molecule has 0 bridgehead atoms. The molecule has 0 aliphatic carbocycles. The highest BCUT2D eigenvalue weighted by Crippen LogP contribution is 2.27. The van der Waals surface area contributed by atoms with Crippen LogP contribution in [0, 0.1) is 6.92 Å². The minimum absolute atomic E-state index is 0.625. The maximum absolute atomic E-state index is 5.43. The summed E-state index contributed by atoms with van der Waals surface area (Å²) in [7, 11) is 5.38. The first-order valence-corrected chi connectivity index (χ1v) is 11.3. The number of hydrogen-bond donors (Lipinski definition) is 1. The molecule has 0 amide bonds. The lowest BCUT2D eigenvalue weighted by Gasteiger charge is -2.22. The van der Waals surface area contributed by atoms with Crippen molar-refractivity contribution in [2.45, 2.75) is 33.4 Å². The van der Waals surface area contributed by atoms with Gasteiger partial charge in [0.2, 0.25) is 0 Å². The Balaban J connectivity index is 1.64. The molecule has 7 heteroatoms. The van der Waals surface area contributed by atoms with Gasteiger partial charge in [0.05, 0.1) is 20.8 Å². The van der Waals surface area contributed by atoms with Gasteiger partial charge < -0.3 is 24.3 Å². The molecule has 3 rings (SSSR count). The zero-order chi connectivity index (χ0) is 23.6. The van der Waals surface area contributed by atoms with E-state index < -0.39 is 0 Å². The Kier molecular flexibility index (Phi) is 8.75. The molecule has 0 atom stereocenters. The number of imidazole rings is 1. The lowest BCUT2D eigenvalue weighted by Crippen LogP contribution is -2.39. The molecule has 1 N–H and O–H groups in total. The van der Waals surface area contributed by atoms with Crippen molar-refractivity contribution in [3.8, 4) is 11.5 Å². The van der Waals surface area contributed by atoms with Gasteiger partial charge in [0.1, 0.15) is 5.82 Å². The SMILES string of the molecule is CCNC(=NCc1cccc(Cn2ccnc2C)c1)N(C)CCc1ccc(OC)c(OC)c1. The van der Waals surface area contributed by atoms with E-state index in [9.17, 15) is 0 Å².